The van der Waals surface area contributed by atoms with Gasteiger partial charge in [-0.25, -0.2) is 0 Å². The number of carbonyl (C=O) groups excluding carboxylic acids is 1. The largest absolute Gasteiger partial charge is 0.508 e. The molecular weight excluding hydrogens is 406 g/mol. The Balaban J connectivity index is 1.67. The Morgan fingerprint density at radius 3 is 2.84 bits per heavy atom. The van der Waals surface area contributed by atoms with E-state index in [0.29, 0.717) is 38.5 Å². The average Bonchev–Trinajstić information content (AvgIpc) is 2.79. The molecular formula is C24H33N5O3. The molecule has 1 atom stereocenters. The van der Waals surface area contributed by atoms with Crippen LogP contribution in [0.5, 0.6) is 5.75 Å². The van der Waals surface area contributed by atoms with Crippen LogP contribution in [0.3, 0.4) is 0 Å². The van der Waals surface area contributed by atoms with Crippen molar-refractivity contribution in [1.29, 1.82) is 0 Å². The molecule has 32 heavy (non-hydrogen) atoms. The molecule has 5 N–H and O–H groups in total. The normalized spacial score (nSPS) is 20.2. The van der Waals surface area contributed by atoms with Crippen molar-refractivity contribution >= 4 is 17.8 Å². The number of amides is 1. The molecule has 1 aromatic rings. The molecule has 0 bridgehead atoms. The molecule has 0 radical (unpaired) electrons. The summed E-state index contributed by atoms with van der Waals surface area (Å²) in [4.78, 5) is 19.1. The smallest absolute Gasteiger partial charge is 0.248 e. The molecule has 1 aromatic carbocycles. The number of ether oxygens (including phenoxy) is 1. The molecule has 0 aliphatic carbocycles. The lowest BCUT2D eigenvalue weighted by molar-refractivity contribution is -0.111. The summed E-state index contributed by atoms with van der Waals surface area (Å²) in [5.41, 5.74) is 10.2. The fourth-order valence-corrected chi connectivity index (χ4v) is 3.95. The number of aliphatic imine (C=N–C) groups is 1. The number of nitrogens with zero attached hydrogens (tertiary/aromatic N) is 2. The van der Waals surface area contributed by atoms with Crippen molar-refractivity contribution in [3.05, 3.63) is 58.8 Å². The number of allylic oxidation sites excluding steroid dienone is 2. The number of anilines is 1. The maximum absolute atomic E-state index is 12.5. The number of morpholine rings is 1. The van der Waals surface area contributed by atoms with Crippen LogP contribution in [0.4, 0.5) is 5.69 Å². The Labute approximate surface area is 189 Å². The van der Waals surface area contributed by atoms with E-state index in [2.05, 4.69) is 27.4 Å². The van der Waals surface area contributed by atoms with Crippen molar-refractivity contribution < 1.29 is 14.6 Å². The molecule has 1 fully saturated rings. The highest BCUT2D eigenvalue weighted by Crippen LogP contribution is 2.27. The summed E-state index contributed by atoms with van der Waals surface area (Å²) in [5.74, 6) is 0.0961. The number of hydrogen-bond acceptors (Lipinski definition) is 7. The van der Waals surface area contributed by atoms with Crippen molar-refractivity contribution in [2.45, 2.75) is 13.5 Å². The van der Waals surface area contributed by atoms with Crippen LogP contribution in [0, 0.1) is 5.92 Å². The fourth-order valence-electron chi connectivity index (χ4n) is 3.95. The first-order valence-electron chi connectivity index (χ1n) is 10.9. The minimum absolute atomic E-state index is 0.168. The highest BCUT2D eigenvalue weighted by atomic mass is 16.5. The molecule has 2 aliphatic rings. The van der Waals surface area contributed by atoms with Gasteiger partial charge in [0, 0.05) is 68.2 Å². The van der Waals surface area contributed by atoms with Crippen molar-refractivity contribution in [1.82, 2.24) is 10.2 Å². The number of phenolic OH excluding ortho intramolecular Hbond substituents is 1. The van der Waals surface area contributed by atoms with E-state index >= 15 is 0 Å². The van der Waals surface area contributed by atoms with Gasteiger partial charge < -0.3 is 26.2 Å². The van der Waals surface area contributed by atoms with Crippen LogP contribution in [0.1, 0.15) is 12.5 Å². The number of rotatable bonds is 8. The highest BCUT2D eigenvalue weighted by Gasteiger charge is 2.19. The van der Waals surface area contributed by atoms with Crippen LogP contribution in [0.2, 0.25) is 0 Å². The Bertz CT molecular complexity index is 930. The third kappa shape index (κ3) is 6.29. The lowest BCUT2D eigenvalue weighted by Crippen LogP contribution is -2.35. The predicted molar refractivity (Wildman–Crippen MR) is 128 cm³/mol. The van der Waals surface area contributed by atoms with Gasteiger partial charge >= 0.3 is 0 Å². The Kier molecular flexibility index (Phi) is 8.61. The Hall–Kier alpha value is -2.94. The zero-order valence-corrected chi connectivity index (χ0v) is 18.8. The van der Waals surface area contributed by atoms with Crippen LogP contribution < -0.4 is 16.4 Å². The molecule has 0 saturated carbocycles. The average molecular weight is 440 g/mol. The zero-order chi connectivity index (χ0) is 22.9. The molecule has 1 saturated heterocycles. The minimum Gasteiger partial charge on any atom is -0.508 e. The van der Waals surface area contributed by atoms with Gasteiger partial charge in [-0.05, 0) is 42.1 Å². The van der Waals surface area contributed by atoms with Crippen molar-refractivity contribution in [3.63, 3.8) is 0 Å². The third-order valence-electron chi connectivity index (χ3n) is 5.59. The summed E-state index contributed by atoms with van der Waals surface area (Å²) in [6.45, 7) is 7.19. The Morgan fingerprint density at radius 1 is 1.38 bits per heavy atom. The SMILES string of the molecule is CNC/C(=C\N)C1=C(/C=C/C(=O)Nc2ccc(CN3CCOCC3)c(O)c2)C=NCC1C. The van der Waals surface area contributed by atoms with Gasteiger partial charge in [0.05, 0.1) is 13.2 Å². The lowest BCUT2D eigenvalue weighted by Gasteiger charge is -2.26. The molecule has 8 heteroatoms. The van der Waals surface area contributed by atoms with Crippen molar-refractivity contribution in [2.75, 3.05) is 51.8 Å². The van der Waals surface area contributed by atoms with Crippen molar-refractivity contribution in [3.8, 4) is 5.75 Å². The molecule has 2 aliphatic heterocycles. The van der Waals surface area contributed by atoms with E-state index in [9.17, 15) is 9.90 Å². The van der Waals surface area contributed by atoms with Crippen LogP contribution in [0.25, 0.3) is 0 Å². The number of dihydropyridines is 1. The van der Waals surface area contributed by atoms with E-state index in [-0.39, 0.29) is 17.6 Å². The lowest BCUT2D eigenvalue weighted by atomic mass is 9.87. The summed E-state index contributed by atoms with van der Waals surface area (Å²) in [7, 11) is 1.87. The van der Waals surface area contributed by atoms with E-state index in [1.807, 2.05) is 13.1 Å². The highest BCUT2D eigenvalue weighted by molar-refractivity contribution is 6.01. The maximum Gasteiger partial charge on any atom is 0.248 e. The number of likely N-dealkylation sites (N-methyl/N-ethyl adjacent to an activating group) is 1. The second-order valence-corrected chi connectivity index (χ2v) is 8.04. The minimum atomic E-state index is -0.282. The molecule has 172 valence electrons. The second kappa shape index (κ2) is 11.6. The number of carbonyl (C=O) groups is 1. The maximum atomic E-state index is 12.5. The zero-order valence-electron chi connectivity index (χ0n) is 18.8. The van der Waals surface area contributed by atoms with Gasteiger partial charge in [0.15, 0.2) is 0 Å². The van der Waals surface area contributed by atoms with Gasteiger partial charge in [-0.15, -0.1) is 0 Å². The number of nitrogens with one attached hydrogen (secondary N) is 2. The van der Waals surface area contributed by atoms with Crippen LogP contribution >= 0.6 is 0 Å². The summed E-state index contributed by atoms with van der Waals surface area (Å²) < 4.78 is 5.36. The Morgan fingerprint density at radius 2 is 2.16 bits per heavy atom. The van der Waals surface area contributed by atoms with Gasteiger partial charge in [-0.3, -0.25) is 14.7 Å². The number of nitrogens with two attached hydrogens (primary N) is 1. The molecule has 1 unspecified atom stereocenters. The van der Waals surface area contributed by atoms with Crippen molar-refractivity contribution in [2.24, 2.45) is 16.6 Å². The fraction of sp³-hybridized carbons (Fsp3) is 0.417. The van der Waals surface area contributed by atoms with Gasteiger partial charge in [-0.2, -0.15) is 0 Å². The first-order valence-corrected chi connectivity index (χ1v) is 10.9. The predicted octanol–water partition coefficient (Wildman–Crippen LogP) is 1.80. The van der Waals surface area contributed by atoms with Crippen LogP contribution in [-0.4, -0.2) is 68.6 Å². The number of hydrogen-bond donors (Lipinski definition) is 4. The van der Waals surface area contributed by atoms with E-state index in [0.717, 1.165) is 35.4 Å². The van der Waals surface area contributed by atoms with E-state index in [1.54, 1.807) is 30.6 Å². The number of phenols is 1. The van der Waals surface area contributed by atoms with Gasteiger partial charge in [0.1, 0.15) is 5.75 Å². The van der Waals surface area contributed by atoms with Crippen LogP contribution in [-0.2, 0) is 16.1 Å². The summed E-state index contributed by atoms with van der Waals surface area (Å²) in [6, 6.07) is 5.23. The first kappa shape index (κ1) is 23.7. The molecule has 8 nitrogen and oxygen atoms in total. The quantitative estimate of drug-likeness (QED) is 0.460. The van der Waals surface area contributed by atoms with E-state index in [4.69, 9.17) is 10.5 Å². The standard InChI is InChI=1S/C24H33N5O3/c1-17-13-27-15-18(24(17)20(12-25)14-26-2)4-6-23(31)28-21-5-3-19(22(30)11-21)16-29-7-9-32-10-8-29/h3-6,11-12,15,17,26,30H,7-10,13-14,16,25H2,1-2H3,(H,28,31)/b6-4+,20-12+. The molecule has 0 spiro atoms. The molecule has 3 rings (SSSR count). The number of aromatic hydroxyl groups is 1. The second-order valence-electron chi connectivity index (χ2n) is 8.04. The van der Waals surface area contributed by atoms with E-state index in [1.165, 1.54) is 6.08 Å². The summed E-state index contributed by atoms with van der Waals surface area (Å²) >= 11 is 0. The van der Waals surface area contributed by atoms with Gasteiger partial charge in [0.25, 0.3) is 0 Å². The first-order chi connectivity index (χ1) is 15.5. The van der Waals surface area contributed by atoms with Gasteiger partial charge in [0.2, 0.25) is 5.91 Å². The van der Waals surface area contributed by atoms with Crippen LogP contribution in [0.15, 0.2) is 58.3 Å². The topological polar surface area (TPSA) is 112 Å². The third-order valence-corrected chi connectivity index (χ3v) is 5.59. The van der Waals surface area contributed by atoms with Gasteiger partial charge in [-0.1, -0.05) is 13.0 Å². The monoisotopic (exact) mass is 439 g/mol. The summed E-state index contributed by atoms with van der Waals surface area (Å²) in [5, 5.41) is 16.3. The molecule has 1 amide bonds. The molecule has 2 heterocycles. The molecule has 0 aromatic heterocycles. The number of benzene rings is 1. The van der Waals surface area contributed by atoms with E-state index < -0.39 is 0 Å². The summed E-state index contributed by atoms with van der Waals surface area (Å²) in [6.07, 6.45) is 6.63.